The topological polar surface area (TPSA) is 43.6 Å². The molecule has 0 aliphatic rings. The molecule has 7 heteroatoms. The molecule has 3 rings (SSSR count). The molecule has 1 aromatic carbocycles. The number of halogens is 2. The van der Waals surface area contributed by atoms with Gasteiger partial charge in [-0.3, -0.25) is 9.20 Å². The summed E-state index contributed by atoms with van der Waals surface area (Å²) in [7, 11) is 0. The summed E-state index contributed by atoms with van der Waals surface area (Å²) in [6.45, 7) is 0. The summed E-state index contributed by atoms with van der Waals surface area (Å²) < 4.78 is 20.8. The van der Waals surface area contributed by atoms with E-state index in [0.717, 1.165) is 0 Å². The van der Waals surface area contributed by atoms with Crippen LogP contribution < -0.4 is 4.74 Å². The molecule has 4 nitrogen and oxygen atoms in total. The first-order valence-corrected chi connectivity index (χ1v) is 6.90. The summed E-state index contributed by atoms with van der Waals surface area (Å²) in [6.07, 6.45) is 2.39. The minimum atomic E-state index is -0.439. The van der Waals surface area contributed by atoms with E-state index in [-0.39, 0.29) is 11.6 Å². The molecule has 0 bridgehead atoms. The Morgan fingerprint density at radius 1 is 1.47 bits per heavy atom. The van der Waals surface area contributed by atoms with Gasteiger partial charge in [0, 0.05) is 17.6 Å². The Hall–Kier alpha value is -1.73. The molecule has 0 N–H and O–H groups in total. The lowest BCUT2D eigenvalue weighted by Gasteiger charge is -2.03. The van der Waals surface area contributed by atoms with Crippen LogP contribution >= 0.6 is 27.3 Å². The average molecular weight is 341 g/mol. The molecule has 3 aromatic rings. The average Bonchev–Trinajstić information content (AvgIpc) is 2.94. The molecular weight excluding hydrogens is 335 g/mol. The zero-order valence-corrected chi connectivity index (χ0v) is 11.7. The summed E-state index contributed by atoms with van der Waals surface area (Å²) in [6, 6.07) is 4.35. The molecule has 2 heterocycles. The van der Waals surface area contributed by atoms with E-state index in [2.05, 4.69) is 20.9 Å². The van der Waals surface area contributed by atoms with Crippen molar-refractivity contribution in [3.63, 3.8) is 0 Å². The number of aromatic nitrogens is 2. The van der Waals surface area contributed by atoms with Crippen molar-refractivity contribution in [2.45, 2.75) is 0 Å². The van der Waals surface area contributed by atoms with Gasteiger partial charge in [0.2, 0.25) is 5.88 Å². The van der Waals surface area contributed by atoms with Gasteiger partial charge in [-0.05, 0) is 28.1 Å². The van der Waals surface area contributed by atoms with Crippen molar-refractivity contribution >= 4 is 38.5 Å². The zero-order valence-electron chi connectivity index (χ0n) is 9.34. The minimum absolute atomic E-state index is 0.170. The number of carbonyl (C=O) groups excluding carboxylic acids is 1. The second kappa shape index (κ2) is 4.75. The van der Waals surface area contributed by atoms with Crippen molar-refractivity contribution in [3.8, 4) is 11.6 Å². The fraction of sp³-hybridized carbons (Fsp3) is 0. The number of nitrogens with zero attached hydrogens (tertiary/aromatic N) is 2. The normalized spacial score (nSPS) is 10.8. The van der Waals surface area contributed by atoms with E-state index in [1.54, 1.807) is 16.7 Å². The quantitative estimate of drug-likeness (QED) is 0.679. The number of aldehydes is 1. The summed E-state index contributed by atoms with van der Waals surface area (Å²) >= 11 is 4.45. The Balaban J connectivity index is 2.02. The van der Waals surface area contributed by atoms with Crippen LogP contribution in [0.2, 0.25) is 0 Å². The molecule has 0 aliphatic heterocycles. The molecule has 2 aromatic heterocycles. The zero-order chi connectivity index (χ0) is 13.4. The SMILES string of the molecule is O=Cc1c(Oc2ccc(Br)c(F)c2)nc2sccn12. The van der Waals surface area contributed by atoms with Crippen LogP contribution in [0.1, 0.15) is 10.5 Å². The maximum atomic E-state index is 13.4. The van der Waals surface area contributed by atoms with Crippen molar-refractivity contribution < 1.29 is 13.9 Å². The van der Waals surface area contributed by atoms with Crippen molar-refractivity contribution in [1.29, 1.82) is 0 Å². The number of ether oxygens (including phenoxy) is 1. The third-order valence-electron chi connectivity index (χ3n) is 2.48. The highest BCUT2D eigenvalue weighted by Crippen LogP contribution is 2.28. The Morgan fingerprint density at radius 2 is 2.32 bits per heavy atom. The van der Waals surface area contributed by atoms with E-state index >= 15 is 0 Å². The molecule has 0 spiro atoms. The van der Waals surface area contributed by atoms with E-state index in [1.807, 2.05) is 5.38 Å². The van der Waals surface area contributed by atoms with Gasteiger partial charge in [0.05, 0.1) is 4.47 Å². The van der Waals surface area contributed by atoms with Crippen LogP contribution in [0.3, 0.4) is 0 Å². The van der Waals surface area contributed by atoms with Gasteiger partial charge in [0.1, 0.15) is 11.6 Å². The van der Waals surface area contributed by atoms with Gasteiger partial charge in [0.25, 0.3) is 0 Å². The van der Waals surface area contributed by atoms with E-state index in [0.29, 0.717) is 21.4 Å². The third kappa shape index (κ3) is 2.15. The van der Waals surface area contributed by atoms with Crippen LogP contribution in [0.15, 0.2) is 34.2 Å². The largest absolute Gasteiger partial charge is 0.437 e. The molecule has 0 amide bonds. The van der Waals surface area contributed by atoms with Crippen LogP contribution in [0, 0.1) is 5.82 Å². The number of hydrogen-bond acceptors (Lipinski definition) is 4. The fourth-order valence-corrected chi connectivity index (χ4v) is 2.58. The number of fused-ring (bicyclic) bond motifs is 1. The number of rotatable bonds is 3. The van der Waals surface area contributed by atoms with Gasteiger partial charge in [-0.1, -0.05) is 0 Å². The second-order valence-corrected chi connectivity index (χ2v) is 5.38. The molecule has 96 valence electrons. The maximum Gasteiger partial charge on any atom is 0.250 e. The van der Waals surface area contributed by atoms with Crippen LogP contribution in [-0.2, 0) is 0 Å². The smallest absolute Gasteiger partial charge is 0.250 e. The minimum Gasteiger partial charge on any atom is -0.437 e. The molecule has 0 unspecified atom stereocenters. The van der Waals surface area contributed by atoms with Gasteiger partial charge >= 0.3 is 0 Å². The fourth-order valence-electron chi connectivity index (χ4n) is 1.62. The first kappa shape index (κ1) is 12.3. The molecule has 19 heavy (non-hydrogen) atoms. The van der Waals surface area contributed by atoms with Crippen molar-refractivity contribution in [1.82, 2.24) is 9.38 Å². The van der Waals surface area contributed by atoms with Gasteiger partial charge < -0.3 is 4.74 Å². The van der Waals surface area contributed by atoms with Gasteiger partial charge in [-0.15, -0.1) is 11.3 Å². The van der Waals surface area contributed by atoms with Crippen molar-refractivity contribution in [2.24, 2.45) is 0 Å². The first-order valence-electron chi connectivity index (χ1n) is 5.22. The van der Waals surface area contributed by atoms with Crippen LogP contribution in [-0.4, -0.2) is 15.7 Å². The van der Waals surface area contributed by atoms with Crippen LogP contribution in [0.4, 0.5) is 4.39 Å². The highest BCUT2D eigenvalue weighted by Gasteiger charge is 2.15. The third-order valence-corrected chi connectivity index (χ3v) is 3.88. The summed E-state index contributed by atoms with van der Waals surface area (Å²) in [5.74, 6) is 0.0179. The number of benzene rings is 1. The highest BCUT2D eigenvalue weighted by molar-refractivity contribution is 9.10. The molecule has 0 atom stereocenters. The van der Waals surface area contributed by atoms with E-state index < -0.39 is 5.82 Å². The lowest BCUT2D eigenvalue weighted by Crippen LogP contribution is -1.92. The number of hydrogen-bond donors (Lipinski definition) is 0. The van der Waals surface area contributed by atoms with Gasteiger partial charge in [0.15, 0.2) is 16.9 Å². The molecule has 0 saturated carbocycles. The Kier molecular flexibility index (Phi) is 3.08. The maximum absolute atomic E-state index is 13.4. The number of carbonyl (C=O) groups is 1. The Bertz CT molecular complexity index is 768. The molecule has 0 radical (unpaired) electrons. The van der Waals surface area contributed by atoms with E-state index in [4.69, 9.17) is 4.74 Å². The first-order chi connectivity index (χ1) is 9.19. The predicted molar refractivity (Wildman–Crippen MR) is 72.6 cm³/mol. The van der Waals surface area contributed by atoms with E-state index in [9.17, 15) is 9.18 Å². The number of imidazole rings is 1. The molecule has 0 fully saturated rings. The van der Waals surface area contributed by atoms with Gasteiger partial charge in [-0.2, -0.15) is 4.98 Å². The van der Waals surface area contributed by atoms with Crippen LogP contribution in [0.5, 0.6) is 11.6 Å². The predicted octanol–water partition coefficient (Wildman–Crippen LogP) is 3.90. The summed E-state index contributed by atoms with van der Waals surface area (Å²) in [4.78, 5) is 15.9. The highest BCUT2D eigenvalue weighted by atomic mass is 79.9. The standard InChI is InChI=1S/C12H6BrFN2O2S/c13-8-2-1-7(5-9(8)14)18-11-10(6-17)16-3-4-19-12(16)15-11/h1-6H. The molecular formula is C12H6BrFN2O2S. The molecule has 0 aliphatic carbocycles. The van der Waals surface area contributed by atoms with Crippen molar-refractivity contribution in [2.75, 3.05) is 0 Å². The van der Waals surface area contributed by atoms with E-state index in [1.165, 1.54) is 23.5 Å². The summed E-state index contributed by atoms with van der Waals surface area (Å²) in [5, 5.41) is 1.82. The number of thiazole rings is 1. The molecule has 0 saturated heterocycles. The van der Waals surface area contributed by atoms with Gasteiger partial charge in [-0.25, -0.2) is 4.39 Å². The second-order valence-electron chi connectivity index (χ2n) is 3.65. The van der Waals surface area contributed by atoms with Crippen LogP contribution in [0.25, 0.3) is 4.96 Å². The lowest BCUT2D eigenvalue weighted by molar-refractivity contribution is 0.111. The van der Waals surface area contributed by atoms with Crippen molar-refractivity contribution in [3.05, 3.63) is 45.8 Å². The monoisotopic (exact) mass is 340 g/mol. The Labute approximate surface area is 119 Å². The Morgan fingerprint density at radius 3 is 3.05 bits per heavy atom. The summed E-state index contributed by atoms with van der Waals surface area (Å²) in [5.41, 5.74) is 0.305. The lowest BCUT2D eigenvalue weighted by atomic mass is 10.3.